The zero-order chi connectivity index (χ0) is 35.9. The van der Waals surface area contributed by atoms with Gasteiger partial charge in [-0.2, -0.15) is 0 Å². The van der Waals surface area contributed by atoms with Gasteiger partial charge in [0.15, 0.2) is 13.2 Å². The van der Waals surface area contributed by atoms with Gasteiger partial charge >= 0.3 is 113 Å². The number of benzene rings is 2. The summed E-state index contributed by atoms with van der Waals surface area (Å²) in [5, 5.41) is 0. The van der Waals surface area contributed by atoms with Gasteiger partial charge in [0.1, 0.15) is 11.5 Å². The summed E-state index contributed by atoms with van der Waals surface area (Å²) in [6.07, 6.45) is 0. The molecule has 2 aromatic rings. The summed E-state index contributed by atoms with van der Waals surface area (Å²) >= 11 is 0. The van der Waals surface area contributed by atoms with Crippen molar-refractivity contribution in [1.29, 1.82) is 0 Å². The van der Waals surface area contributed by atoms with Crippen LogP contribution in [-0.4, -0.2) is 28.4 Å². The van der Waals surface area contributed by atoms with Gasteiger partial charge in [0.2, 0.25) is 0 Å². The summed E-state index contributed by atoms with van der Waals surface area (Å²) in [6.45, 7) is 50.6. The second-order valence-corrected chi connectivity index (χ2v) is 4.39. The normalized spacial score (nSPS) is 5.73. The Hall–Kier alpha value is -3.58. The van der Waals surface area contributed by atoms with Crippen molar-refractivity contribution in [3.05, 3.63) is 127 Å². The van der Waals surface area contributed by atoms with E-state index in [1.807, 2.05) is 36.4 Å². The van der Waals surface area contributed by atoms with E-state index >= 15 is 0 Å². The SMILES string of the molecule is CO[C]c1cccc(-c2cccc([C]OC)c2OC)c1OC.[C-]#[O+].[C-]#[O+].[C-]#[O+].[C-]#[O+].[C-]#[O+].[C-]#[O+].[C-]#[O+].[C-]#[O+].[C-]#[O+].[C-]#[O+].[Cr].[Cr]. The predicted molar refractivity (Wildman–Crippen MR) is 123 cm³/mol. The van der Waals surface area contributed by atoms with E-state index < -0.39 is 0 Å². The number of rotatable bonds is 7. The minimum absolute atomic E-state index is 0. The smallest absolute Gasteiger partial charge is 0 e. The van der Waals surface area contributed by atoms with E-state index in [0.717, 1.165) is 22.3 Å². The summed E-state index contributed by atoms with van der Waals surface area (Å²) < 4.78 is 96.0. The van der Waals surface area contributed by atoms with Crippen molar-refractivity contribution in [2.24, 2.45) is 0 Å². The second kappa shape index (κ2) is 83.4. The van der Waals surface area contributed by atoms with E-state index in [-0.39, 0.29) is 34.7 Å². The van der Waals surface area contributed by atoms with Gasteiger partial charge in [-0.3, -0.25) is 0 Å². The van der Waals surface area contributed by atoms with Gasteiger partial charge in [-0.15, -0.1) is 0 Å². The summed E-state index contributed by atoms with van der Waals surface area (Å²) in [7, 11) is 6.33. The third-order valence-electron chi connectivity index (χ3n) is 3.15. The van der Waals surface area contributed by atoms with E-state index in [4.69, 9.17) is 65.5 Å². The van der Waals surface area contributed by atoms with Crippen LogP contribution in [0.5, 0.6) is 11.5 Å². The summed E-state index contributed by atoms with van der Waals surface area (Å²) in [5.41, 5.74) is 3.21. The Morgan fingerprint density at radius 1 is 0.409 bits per heavy atom. The van der Waals surface area contributed by atoms with Gasteiger partial charge in [-0.25, -0.2) is 0 Å². The standard InChI is InChI=1S/C18H18O4.10CO.2Cr/c1-19-11-13-7-5-9-15(17(13)21-3)16-10-6-8-14(12-20-2)18(16)22-4;10*1-2;;/h5-10H,1-4H3;;;;;;;;;;;;. The van der Waals surface area contributed by atoms with Crippen molar-refractivity contribution in [1.82, 2.24) is 0 Å². The molecule has 16 heteroatoms. The zero-order valence-electron chi connectivity index (χ0n) is 23.0. The van der Waals surface area contributed by atoms with Gasteiger partial charge in [0.05, 0.1) is 14.2 Å². The maximum Gasteiger partial charge on any atom is 0 e. The number of hydrogen-bond donors (Lipinski definition) is 0. The van der Waals surface area contributed by atoms with Crippen LogP contribution in [0.4, 0.5) is 0 Å². The molecule has 0 aliphatic heterocycles. The first-order chi connectivity index (χ1) is 20.8. The van der Waals surface area contributed by atoms with E-state index in [2.05, 4.69) is 79.7 Å². The number of hydrogen-bond acceptors (Lipinski definition) is 4. The molecule has 0 bridgehead atoms. The topological polar surface area (TPSA) is 236 Å². The Morgan fingerprint density at radius 3 is 0.773 bits per heavy atom. The Morgan fingerprint density at radius 2 is 0.614 bits per heavy atom. The molecule has 0 saturated carbocycles. The molecular formula is C28H18Cr2O14. The van der Waals surface area contributed by atoms with E-state index in [1.165, 1.54) is 0 Å². The third kappa shape index (κ3) is 36.5. The largest absolute Gasteiger partial charge is 0 e. The number of methoxy groups -OCH3 is 4. The quantitative estimate of drug-likeness (QED) is 0.316. The van der Waals surface area contributed by atoms with E-state index in [0.29, 0.717) is 11.5 Å². The van der Waals surface area contributed by atoms with Crippen LogP contribution in [0.2, 0.25) is 0 Å². The molecule has 0 saturated heterocycles. The maximum absolute atomic E-state index is 7.50. The first-order valence-electron chi connectivity index (χ1n) is 8.73. The van der Waals surface area contributed by atoms with Crippen molar-refractivity contribution in [3.8, 4) is 22.6 Å². The van der Waals surface area contributed by atoms with Crippen molar-refractivity contribution >= 4 is 0 Å². The summed E-state index contributed by atoms with van der Waals surface area (Å²) in [4.78, 5) is 0. The van der Waals surface area contributed by atoms with Crippen LogP contribution in [0.15, 0.2) is 36.4 Å². The van der Waals surface area contributed by atoms with Crippen LogP contribution in [0, 0.1) is 79.7 Å². The summed E-state index contributed by atoms with van der Waals surface area (Å²) in [6, 6.07) is 11.5. The Labute approximate surface area is 277 Å². The monoisotopic (exact) mass is 682 g/mol. The van der Waals surface area contributed by atoms with Crippen LogP contribution in [-0.2, 0) is 90.7 Å². The molecule has 0 heterocycles. The zero-order valence-corrected chi connectivity index (χ0v) is 25.5. The van der Waals surface area contributed by atoms with Gasteiger partial charge in [0.25, 0.3) is 0 Å². The van der Waals surface area contributed by atoms with Crippen LogP contribution in [0.25, 0.3) is 11.1 Å². The first kappa shape index (κ1) is 72.6. The molecule has 44 heavy (non-hydrogen) atoms. The molecule has 0 aromatic heterocycles. The molecule has 0 atom stereocenters. The maximum atomic E-state index is 7.50. The molecule has 0 N–H and O–H groups in total. The van der Waals surface area contributed by atoms with Crippen LogP contribution < -0.4 is 9.47 Å². The van der Waals surface area contributed by atoms with Crippen molar-refractivity contribution in [2.75, 3.05) is 28.4 Å². The van der Waals surface area contributed by atoms with Crippen molar-refractivity contribution in [2.45, 2.75) is 0 Å². The molecule has 0 aliphatic rings. The second-order valence-electron chi connectivity index (χ2n) is 4.39. The van der Waals surface area contributed by atoms with Crippen LogP contribution >= 0.6 is 0 Å². The molecule has 0 fully saturated rings. The molecule has 4 radical (unpaired) electrons. The number of para-hydroxylation sites is 2. The van der Waals surface area contributed by atoms with Crippen LogP contribution in [0.1, 0.15) is 11.1 Å². The molecule has 0 aliphatic carbocycles. The van der Waals surface area contributed by atoms with Gasteiger partial charge < -0.3 is 18.9 Å². The molecule has 226 valence electrons. The Kier molecular flexibility index (Phi) is 137. The Bertz CT molecular complexity index is 909. The first-order valence-corrected chi connectivity index (χ1v) is 8.73. The molecule has 14 nitrogen and oxygen atoms in total. The average molecular weight is 682 g/mol. The van der Waals surface area contributed by atoms with Gasteiger partial charge in [0, 0.05) is 71.2 Å². The van der Waals surface area contributed by atoms with E-state index in [9.17, 15) is 0 Å². The van der Waals surface area contributed by atoms with Gasteiger partial charge in [-0.05, 0) is 0 Å². The van der Waals surface area contributed by atoms with E-state index in [1.54, 1.807) is 28.4 Å². The summed E-state index contributed by atoms with van der Waals surface area (Å²) in [5.74, 6) is 1.33. The molecule has 2 rings (SSSR count). The van der Waals surface area contributed by atoms with Crippen molar-refractivity contribution in [3.63, 3.8) is 0 Å². The molecule has 0 unspecified atom stereocenters. The molecule has 0 amide bonds. The molecule has 0 spiro atoms. The fourth-order valence-corrected chi connectivity index (χ4v) is 2.32. The molecular weight excluding hydrogens is 664 g/mol. The minimum Gasteiger partial charge on any atom is 0 e. The van der Waals surface area contributed by atoms with Crippen LogP contribution in [0.3, 0.4) is 0 Å². The van der Waals surface area contributed by atoms with Gasteiger partial charge in [-0.1, -0.05) is 36.4 Å². The number of ether oxygens (including phenoxy) is 4. The Balaban J connectivity index is -0.0000000471. The minimum atomic E-state index is 0. The average Bonchev–Trinajstić information content (AvgIpc) is 3.13. The fourth-order valence-electron chi connectivity index (χ4n) is 2.32. The fraction of sp³-hybridized carbons (Fsp3) is 0.143. The van der Waals surface area contributed by atoms with Crippen molar-refractivity contribution < 1.29 is 100 Å². The predicted octanol–water partition coefficient (Wildman–Crippen LogP) is 3.06. The molecule has 2 aromatic carbocycles. The third-order valence-corrected chi connectivity index (χ3v) is 3.15.